The molecular weight excluding hydrogens is 250 g/mol. The normalized spacial score (nSPS) is 21.1. The third kappa shape index (κ3) is 2.26. The van der Waals surface area contributed by atoms with Crippen LogP contribution < -0.4 is 10.1 Å². The number of nitrogens with zero attached hydrogens (tertiary/aromatic N) is 2. The lowest BCUT2D eigenvalue weighted by Crippen LogP contribution is -2.26. The summed E-state index contributed by atoms with van der Waals surface area (Å²) in [7, 11) is 3.69. The van der Waals surface area contributed by atoms with E-state index in [4.69, 9.17) is 4.74 Å². The first-order valence-electron chi connectivity index (χ1n) is 7.09. The third-order valence-corrected chi connectivity index (χ3v) is 4.12. The van der Waals surface area contributed by atoms with Crippen LogP contribution in [0, 0.1) is 0 Å². The largest absolute Gasteiger partial charge is 0.493 e. The molecule has 1 aliphatic heterocycles. The fourth-order valence-electron chi connectivity index (χ4n) is 3.14. The highest BCUT2D eigenvalue weighted by molar-refractivity contribution is 5.56. The van der Waals surface area contributed by atoms with Gasteiger partial charge in [-0.15, -0.1) is 0 Å². The first-order chi connectivity index (χ1) is 9.69. The van der Waals surface area contributed by atoms with Crippen LogP contribution in [0.3, 0.4) is 0 Å². The molecule has 3 rings (SSSR count). The highest BCUT2D eigenvalue weighted by Crippen LogP contribution is 2.37. The summed E-state index contributed by atoms with van der Waals surface area (Å²) in [5.74, 6) is 1.39. The first kappa shape index (κ1) is 13.0. The van der Waals surface area contributed by atoms with E-state index in [0.717, 1.165) is 18.6 Å². The minimum Gasteiger partial charge on any atom is -0.493 e. The second-order valence-electron chi connectivity index (χ2n) is 5.55. The van der Waals surface area contributed by atoms with Crippen molar-refractivity contribution in [3.05, 3.63) is 41.7 Å². The van der Waals surface area contributed by atoms with Crippen molar-refractivity contribution in [2.24, 2.45) is 7.05 Å². The molecule has 1 aliphatic rings. The van der Waals surface area contributed by atoms with E-state index < -0.39 is 0 Å². The number of hydrogen-bond donors (Lipinski definition) is 1. The van der Waals surface area contributed by atoms with Gasteiger partial charge in [-0.25, -0.2) is 0 Å². The van der Waals surface area contributed by atoms with Crippen molar-refractivity contribution in [2.75, 3.05) is 12.4 Å². The first-order valence-corrected chi connectivity index (χ1v) is 7.09. The van der Waals surface area contributed by atoms with Gasteiger partial charge < -0.3 is 10.1 Å². The van der Waals surface area contributed by atoms with Gasteiger partial charge in [0.25, 0.3) is 0 Å². The maximum atomic E-state index is 5.42. The molecule has 4 heteroatoms. The van der Waals surface area contributed by atoms with Gasteiger partial charge in [-0.3, -0.25) is 4.68 Å². The molecule has 1 aromatic carbocycles. The van der Waals surface area contributed by atoms with Crippen LogP contribution in [0.5, 0.6) is 5.75 Å². The zero-order valence-electron chi connectivity index (χ0n) is 12.3. The standard InChI is InChI=1S/C16H21N3O/c1-11-8-12(13-6-4-5-7-14(13)18-11)9-15-16(20-3)10-17-19(15)2/h4-7,10-12,18H,8-9H2,1-3H3. The number of fused-ring (bicyclic) bond motifs is 1. The van der Waals surface area contributed by atoms with Crippen molar-refractivity contribution in [2.45, 2.75) is 31.7 Å². The SMILES string of the molecule is COc1cnn(C)c1CC1CC(C)Nc2ccccc21. The number of nitrogens with one attached hydrogen (secondary N) is 1. The number of hydrogen-bond acceptors (Lipinski definition) is 3. The maximum absolute atomic E-state index is 5.42. The van der Waals surface area contributed by atoms with E-state index in [0.29, 0.717) is 12.0 Å². The molecule has 0 amide bonds. The Bertz CT molecular complexity index is 606. The second kappa shape index (κ2) is 5.19. The van der Waals surface area contributed by atoms with Crippen LogP contribution in [0.4, 0.5) is 5.69 Å². The molecule has 1 aromatic heterocycles. The van der Waals surface area contributed by atoms with Crippen LogP contribution >= 0.6 is 0 Å². The zero-order chi connectivity index (χ0) is 14.1. The summed E-state index contributed by atoms with van der Waals surface area (Å²) in [6.45, 7) is 2.24. The summed E-state index contributed by atoms with van der Waals surface area (Å²) in [5.41, 5.74) is 3.83. The van der Waals surface area contributed by atoms with Crippen LogP contribution in [-0.2, 0) is 13.5 Å². The Morgan fingerprint density at radius 1 is 1.40 bits per heavy atom. The average molecular weight is 271 g/mol. The molecular formula is C16H21N3O. The molecule has 20 heavy (non-hydrogen) atoms. The Labute approximate surface area is 119 Å². The second-order valence-corrected chi connectivity index (χ2v) is 5.55. The quantitative estimate of drug-likeness (QED) is 0.933. The molecule has 2 atom stereocenters. The minimum absolute atomic E-state index is 0.495. The van der Waals surface area contributed by atoms with E-state index in [-0.39, 0.29) is 0 Å². The molecule has 0 saturated heterocycles. The maximum Gasteiger partial charge on any atom is 0.159 e. The van der Waals surface area contributed by atoms with Gasteiger partial charge in [0.15, 0.2) is 5.75 Å². The summed E-state index contributed by atoms with van der Waals surface area (Å²) in [6, 6.07) is 9.09. The molecule has 1 N–H and O–H groups in total. The Hall–Kier alpha value is -1.97. The molecule has 2 aromatic rings. The fraction of sp³-hybridized carbons (Fsp3) is 0.438. The molecule has 0 radical (unpaired) electrons. The molecule has 106 valence electrons. The summed E-state index contributed by atoms with van der Waals surface area (Å²) in [4.78, 5) is 0. The number of para-hydroxylation sites is 1. The number of rotatable bonds is 3. The predicted octanol–water partition coefficient (Wildman–Crippen LogP) is 2.96. The van der Waals surface area contributed by atoms with Gasteiger partial charge >= 0.3 is 0 Å². The Balaban J connectivity index is 1.93. The summed E-state index contributed by atoms with van der Waals surface area (Å²) in [5, 5.41) is 7.86. The van der Waals surface area contributed by atoms with Crippen molar-refractivity contribution in [3.8, 4) is 5.75 Å². The molecule has 0 fully saturated rings. The van der Waals surface area contributed by atoms with Crippen molar-refractivity contribution >= 4 is 5.69 Å². The van der Waals surface area contributed by atoms with Gasteiger partial charge in [0, 0.05) is 25.2 Å². The lowest BCUT2D eigenvalue weighted by Gasteiger charge is -2.31. The lowest BCUT2D eigenvalue weighted by atomic mass is 9.84. The van der Waals surface area contributed by atoms with Gasteiger partial charge in [-0.05, 0) is 30.9 Å². The number of benzene rings is 1. The van der Waals surface area contributed by atoms with E-state index in [1.807, 2.05) is 11.7 Å². The van der Waals surface area contributed by atoms with E-state index in [2.05, 4.69) is 41.6 Å². The van der Waals surface area contributed by atoms with Crippen LogP contribution in [0.2, 0.25) is 0 Å². The average Bonchev–Trinajstić information content (AvgIpc) is 2.79. The minimum atomic E-state index is 0.495. The fourth-order valence-corrected chi connectivity index (χ4v) is 3.14. The van der Waals surface area contributed by atoms with Crippen molar-refractivity contribution in [1.82, 2.24) is 9.78 Å². The van der Waals surface area contributed by atoms with Gasteiger partial charge in [0.2, 0.25) is 0 Å². The molecule has 2 heterocycles. The molecule has 0 saturated carbocycles. The smallest absolute Gasteiger partial charge is 0.159 e. The van der Waals surface area contributed by atoms with Crippen molar-refractivity contribution in [1.29, 1.82) is 0 Å². The van der Waals surface area contributed by atoms with E-state index in [1.165, 1.54) is 16.9 Å². The van der Waals surface area contributed by atoms with Crippen LogP contribution in [0.15, 0.2) is 30.5 Å². The number of aryl methyl sites for hydroxylation is 1. The summed E-state index contributed by atoms with van der Waals surface area (Å²) in [6.07, 6.45) is 3.89. The monoisotopic (exact) mass is 271 g/mol. The molecule has 0 spiro atoms. The molecule has 2 unspecified atom stereocenters. The van der Waals surface area contributed by atoms with Gasteiger partial charge in [-0.1, -0.05) is 18.2 Å². The summed E-state index contributed by atoms with van der Waals surface area (Å²) < 4.78 is 7.35. The number of anilines is 1. The topological polar surface area (TPSA) is 39.1 Å². The molecule has 4 nitrogen and oxygen atoms in total. The van der Waals surface area contributed by atoms with Crippen LogP contribution in [0.1, 0.15) is 30.5 Å². The van der Waals surface area contributed by atoms with Gasteiger partial charge in [0.05, 0.1) is 19.0 Å². The summed E-state index contributed by atoms with van der Waals surface area (Å²) >= 11 is 0. The molecule has 0 bridgehead atoms. The number of aromatic nitrogens is 2. The van der Waals surface area contributed by atoms with E-state index in [1.54, 1.807) is 13.3 Å². The van der Waals surface area contributed by atoms with Crippen LogP contribution in [-0.4, -0.2) is 22.9 Å². The van der Waals surface area contributed by atoms with Gasteiger partial charge in [-0.2, -0.15) is 5.10 Å². The van der Waals surface area contributed by atoms with Crippen LogP contribution in [0.25, 0.3) is 0 Å². The van der Waals surface area contributed by atoms with Gasteiger partial charge in [0.1, 0.15) is 0 Å². The Morgan fingerprint density at radius 3 is 3.00 bits per heavy atom. The molecule has 0 aliphatic carbocycles. The highest BCUT2D eigenvalue weighted by atomic mass is 16.5. The van der Waals surface area contributed by atoms with E-state index in [9.17, 15) is 0 Å². The third-order valence-electron chi connectivity index (χ3n) is 4.12. The Morgan fingerprint density at radius 2 is 2.20 bits per heavy atom. The number of methoxy groups -OCH3 is 1. The van der Waals surface area contributed by atoms with Crippen molar-refractivity contribution in [3.63, 3.8) is 0 Å². The van der Waals surface area contributed by atoms with Crippen molar-refractivity contribution < 1.29 is 4.74 Å². The lowest BCUT2D eigenvalue weighted by molar-refractivity contribution is 0.404. The zero-order valence-corrected chi connectivity index (χ0v) is 12.3. The highest BCUT2D eigenvalue weighted by Gasteiger charge is 2.26. The predicted molar refractivity (Wildman–Crippen MR) is 80.3 cm³/mol. The van der Waals surface area contributed by atoms with E-state index >= 15 is 0 Å². The number of ether oxygens (including phenoxy) is 1. The Kier molecular flexibility index (Phi) is 3.38.